The molecule has 0 unspecified atom stereocenters. The smallest absolute Gasteiger partial charge is 0.0672 e. The zero-order valence-corrected chi connectivity index (χ0v) is 7.65. The van der Waals surface area contributed by atoms with Crippen molar-refractivity contribution in [2.75, 3.05) is 26.3 Å². The van der Waals surface area contributed by atoms with E-state index in [0.29, 0.717) is 6.61 Å². The average molecular weight is 157 g/mol. The molecule has 0 fully saturated rings. The Morgan fingerprint density at radius 3 is 2.73 bits per heavy atom. The molecule has 0 aliphatic carbocycles. The highest BCUT2D eigenvalue weighted by Crippen LogP contribution is 1.86. The van der Waals surface area contributed by atoms with Gasteiger partial charge in [-0.3, -0.25) is 0 Å². The summed E-state index contributed by atoms with van der Waals surface area (Å²) in [4.78, 5) is 0. The minimum absolute atomic E-state index is 0.688. The minimum atomic E-state index is 0.688. The maximum Gasteiger partial charge on any atom is 0.0672 e. The van der Waals surface area contributed by atoms with Crippen molar-refractivity contribution < 1.29 is 4.74 Å². The van der Waals surface area contributed by atoms with Crippen LogP contribution in [-0.4, -0.2) is 26.3 Å². The number of hydrogen-bond acceptors (Lipinski definition) is 2. The molecule has 2 nitrogen and oxygen atoms in total. The number of rotatable bonds is 7. The second kappa shape index (κ2) is 7.76. The second-order valence-electron chi connectivity index (χ2n) is 2.76. The first kappa shape index (κ1) is 10.7. The molecule has 66 valence electrons. The van der Waals surface area contributed by atoms with Crippen molar-refractivity contribution in [3.05, 3.63) is 12.2 Å². The predicted molar refractivity (Wildman–Crippen MR) is 48.8 cm³/mol. The summed E-state index contributed by atoms with van der Waals surface area (Å²) >= 11 is 0. The lowest BCUT2D eigenvalue weighted by Crippen LogP contribution is -2.20. The minimum Gasteiger partial charge on any atom is -0.376 e. The van der Waals surface area contributed by atoms with Gasteiger partial charge in [0.05, 0.1) is 13.2 Å². The van der Waals surface area contributed by atoms with Crippen molar-refractivity contribution in [3.8, 4) is 0 Å². The molecule has 0 saturated heterocycles. The SMILES string of the molecule is C=C(C)COCCNCCC. The van der Waals surface area contributed by atoms with E-state index in [1.165, 1.54) is 6.42 Å². The van der Waals surface area contributed by atoms with Gasteiger partial charge in [0.15, 0.2) is 0 Å². The third kappa shape index (κ3) is 9.66. The van der Waals surface area contributed by atoms with Gasteiger partial charge in [0, 0.05) is 6.54 Å². The van der Waals surface area contributed by atoms with Crippen LogP contribution in [0.2, 0.25) is 0 Å². The lowest BCUT2D eigenvalue weighted by molar-refractivity contribution is 0.158. The molecule has 11 heavy (non-hydrogen) atoms. The lowest BCUT2D eigenvalue weighted by atomic mass is 10.4. The maximum atomic E-state index is 5.28. The summed E-state index contributed by atoms with van der Waals surface area (Å²) < 4.78 is 5.28. The van der Waals surface area contributed by atoms with Crippen LogP contribution in [-0.2, 0) is 4.74 Å². The Balaban J connectivity index is 2.85. The van der Waals surface area contributed by atoms with Crippen LogP contribution in [0.1, 0.15) is 20.3 Å². The molecule has 2 heteroatoms. The Hall–Kier alpha value is -0.340. The zero-order valence-electron chi connectivity index (χ0n) is 7.65. The molecule has 0 aliphatic rings. The van der Waals surface area contributed by atoms with Gasteiger partial charge in [0.2, 0.25) is 0 Å². The fourth-order valence-electron chi connectivity index (χ4n) is 0.693. The van der Waals surface area contributed by atoms with Crippen molar-refractivity contribution >= 4 is 0 Å². The van der Waals surface area contributed by atoms with E-state index in [0.717, 1.165) is 25.3 Å². The molecular weight excluding hydrogens is 138 g/mol. The molecule has 0 atom stereocenters. The molecule has 0 rings (SSSR count). The summed E-state index contributed by atoms with van der Waals surface area (Å²) in [7, 11) is 0. The van der Waals surface area contributed by atoms with Crippen molar-refractivity contribution in [1.82, 2.24) is 5.32 Å². The molecule has 0 aromatic rings. The molecule has 0 amide bonds. The van der Waals surface area contributed by atoms with Gasteiger partial charge >= 0.3 is 0 Å². The Morgan fingerprint density at radius 1 is 1.45 bits per heavy atom. The summed E-state index contributed by atoms with van der Waals surface area (Å²) in [5, 5.41) is 3.25. The molecule has 1 N–H and O–H groups in total. The topological polar surface area (TPSA) is 21.3 Å². The van der Waals surface area contributed by atoms with Crippen molar-refractivity contribution in [3.63, 3.8) is 0 Å². The fourth-order valence-corrected chi connectivity index (χ4v) is 0.693. The third-order valence-corrected chi connectivity index (χ3v) is 1.20. The maximum absolute atomic E-state index is 5.28. The molecule has 0 aromatic heterocycles. The van der Waals surface area contributed by atoms with Crippen LogP contribution in [0.4, 0.5) is 0 Å². The van der Waals surface area contributed by atoms with E-state index in [-0.39, 0.29) is 0 Å². The van der Waals surface area contributed by atoms with Gasteiger partial charge < -0.3 is 10.1 Å². The first-order valence-electron chi connectivity index (χ1n) is 4.20. The summed E-state index contributed by atoms with van der Waals surface area (Å²) in [6.07, 6.45) is 1.18. The average Bonchev–Trinajstić information content (AvgIpc) is 1.96. The van der Waals surface area contributed by atoms with Crippen molar-refractivity contribution in [2.24, 2.45) is 0 Å². The highest BCUT2D eigenvalue weighted by Gasteiger charge is 1.87. The van der Waals surface area contributed by atoms with Gasteiger partial charge in [-0.25, -0.2) is 0 Å². The molecule has 0 bridgehead atoms. The lowest BCUT2D eigenvalue weighted by Gasteiger charge is -2.04. The fraction of sp³-hybridized carbons (Fsp3) is 0.778. The number of nitrogens with one attached hydrogen (secondary N) is 1. The normalized spacial score (nSPS) is 10.0. The standard InChI is InChI=1S/C9H19NO/c1-4-5-10-6-7-11-8-9(2)3/h10H,2,4-8H2,1,3H3. The van der Waals surface area contributed by atoms with Crippen LogP contribution in [0.15, 0.2) is 12.2 Å². The van der Waals surface area contributed by atoms with Gasteiger partial charge in [0.25, 0.3) is 0 Å². The van der Waals surface area contributed by atoms with E-state index in [1.54, 1.807) is 0 Å². The second-order valence-corrected chi connectivity index (χ2v) is 2.76. The highest BCUT2D eigenvalue weighted by molar-refractivity contribution is 4.87. The molecule has 0 spiro atoms. The summed E-state index contributed by atoms with van der Waals surface area (Å²) in [5.41, 5.74) is 1.08. The van der Waals surface area contributed by atoms with Crippen LogP contribution >= 0.6 is 0 Å². The first-order valence-corrected chi connectivity index (χ1v) is 4.20. The van der Waals surface area contributed by atoms with E-state index in [9.17, 15) is 0 Å². The van der Waals surface area contributed by atoms with Crippen LogP contribution < -0.4 is 5.32 Å². The third-order valence-electron chi connectivity index (χ3n) is 1.20. The van der Waals surface area contributed by atoms with E-state index in [2.05, 4.69) is 18.8 Å². The Labute approximate surface area is 69.6 Å². The van der Waals surface area contributed by atoms with Crippen molar-refractivity contribution in [2.45, 2.75) is 20.3 Å². The van der Waals surface area contributed by atoms with Crippen LogP contribution in [0, 0.1) is 0 Å². The highest BCUT2D eigenvalue weighted by atomic mass is 16.5. The summed E-state index contributed by atoms with van der Waals surface area (Å²) in [5.74, 6) is 0. The summed E-state index contributed by atoms with van der Waals surface area (Å²) in [6, 6.07) is 0. The summed E-state index contributed by atoms with van der Waals surface area (Å²) in [6.45, 7) is 11.4. The van der Waals surface area contributed by atoms with E-state index >= 15 is 0 Å². The molecule has 0 saturated carbocycles. The van der Waals surface area contributed by atoms with Crippen LogP contribution in [0.5, 0.6) is 0 Å². The predicted octanol–water partition coefficient (Wildman–Crippen LogP) is 1.58. The van der Waals surface area contributed by atoms with Crippen molar-refractivity contribution in [1.29, 1.82) is 0 Å². The first-order chi connectivity index (χ1) is 5.27. The van der Waals surface area contributed by atoms with E-state index < -0.39 is 0 Å². The van der Waals surface area contributed by atoms with Gasteiger partial charge in [-0.2, -0.15) is 0 Å². The van der Waals surface area contributed by atoms with Crippen LogP contribution in [0.25, 0.3) is 0 Å². The molecule has 0 aliphatic heterocycles. The Kier molecular flexibility index (Phi) is 7.52. The largest absolute Gasteiger partial charge is 0.376 e. The van der Waals surface area contributed by atoms with Gasteiger partial charge in [-0.1, -0.05) is 19.1 Å². The van der Waals surface area contributed by atoms with Crippen LogP contribution in [0.3, 0.4) is 0 Å². The van der Waals surface area contributed by atoms with Gasteiger partial charge in [-0.05, 0) is 19.9 Å². The van der Waals surface area contributed by atoms with Gasteiger partial charge in [0.1, 0.15) is 0 Å². The quantitative estimate of drug-likeness (QED) is 0.447. The molecular formula is C9H19NO. The molecule has 0 aromatic carbocycles. The van der Waals surface area contributed by atoms with E-state index in [4.69, 9.17) is 4.74 Å². The zero-order chi connectivity index (χ0) is 8.53. The number of ether oxygens (including phenoxy) is 1. The van der Waals surface area contributed by atoms with E-state index in [1.807, 2.05) is 6.92 Å². The molecule has 0 radical (unpaired) electrons. The molecule has 0 heterocycles. The number of hydrogen-bond donors (Lipinski definition) is 1. The monoisotopic (exact) mass is 157 g/mol. The van der Waals surface area contributed by atoms with Gasteiger partial charge in [-0.15, -0.1) is 0 Å². The Bertz CT molecular complexity index is 102. The Morgan fingerprint density at radius 2 is 2.18 bits per heavy atom.